The zero-order valence-corrected chi connectivity index (χ0v) is 14.8. The molecule has 0 aromatic heterocycles. The van der Waals surface area contributed by atoms with Crippen LogP contribution in [0.2, 0.25) is 0 Å². The van der Waals surface area contributed by atoms with Crippen molar-refractivity contribution < 1.29 is 21.6 Å². The van der Waals surface area contributed by atoms with Gasteiger partial charge in [0.1, 0.15) is 0 Å². The molecule has 0 unspecified atom stereocenters. The lowest BCUT2D eigenvalue weighted by molar-refractivity contribution is -0.0839. The van der Waals surface area contributed by atoms with E-state index in [1.807, 2.05) is 0 Å². The third-order valence-electron chi connectivity index (χ3n) is 3.93. The van der Waals surface area contributed by atoms with Gasteiger partial charge in [-0.05, 0) is 23.3 Å². The molecule has 0 saturated heterocycles. The number of alkyl halides is 3. The van der Waals surface area contributed by atoms with Crippen LogP contribution in [0, 0.1) is 0 Å². The Morgan fingerprint density at radius 1 is 0.630 bits per heavy atom. The first kappa shape index (κ1) is 18.9. The summed E-state index contributed by atoms with van der Waals surface area (Å²) in [4.78, 5) is -1.97. The van der Waals surface area contributed by atoms with E-state index in [0.29, 0.717) is 0 Å². The molecule has 0 saturated carbocycles. The van der Waals surface area contributed by atoms with E-state index < -0.39 is 25.8 Å². The first-order chi connectivity index (χ1) is 12.8. The van der Waals surface area contributed by atoms with Gasteiger partial charge in [-0.3, -0.25) is 0 Å². The van der Waals surface area contributed by atoms with E-state index in [0.717, 1.165) is 12.1 Å². The summed E-state index contributed by atoms with van der Waals surface area (Å²) in [6.07, 6.45) is -5.07. The van der Waals surface area contributed by atoms with Gasteiger partial charge in [-0.15, -0.1) is 0 Å². The van der Waals surface area contributed by atoms with E-state index in [-0.39, 0.29) is 16.7 Å². The minimum absolute atomic E-state index is 0.176. The average Bonchev–Trinajstić information content (AvgIpc) is 2.67. The molecule has 0 atom stereocenters. The van der Waals surface area contributed by atoms with E-state index >= 15 is 0 Å². The van der Waals surface area contributed by atoms with Gasteiger partial charge in [0.25, 0.3) is 0 Å². The number of rotatable bonds is 4. The van der Waals surface area contributed by atoms with Crippen LogP contribution in [-0.2, 0) is 9.84 Å². The molecule has 27 heavy (non-hydrogen) atoms. The normalized spacial score (nSPS) is 11.8. The maximum Gasteiger partial charge on any atom is 0.428 e. The highest BCUT2D eigenvalue weighted by Gasteiger charge is 2.46. The first-order valence-electron chi connectivity index (χ1n) is 8.04. The molecular formula is C21H15F3O2S. The second kappa shape index (κ2) is 7.40. The van der Waals surface area contributed by atoms with E-state index in [1.54, 1.807) is 42.5 Å². The zero-order chi connectivity index (χ0) is 19.5. The van der Waals surface area contributed by atoms with Crippen molar-refractivity contribution in [3.8, 4) is 0 Å². The summed E-state index contributed by atoms with van der Waals surface area (Å²) in [5.41, 5.74) is -0.0152. The molecule has 0 radical (unpaired) electrons. The Hall–Kier alpha value is -2.86. The van der Waals surface area contributed by atoms with Gasteiger partial charge in [-0.2, -0.15) is 13.2 Å². The lowest BCUT2D eigenvalue weighted by atomic mass is 9.97. The highest BCUT2D eigenvalue weighted by atomic mass is 32.2. The molecule has 3 aromatic rings. The summed E-state index contributed by atoms with van der Waals surface area (Å²) in [6.45, 7) is 0. The topological polar surface area (TPSA) is 34.1 Å². The fraction of sp³-hybridized carbons (Fsp3) is 0.0476. The predicted molar refractivity (Wildman–Crippen MR) is 98.6 cm³/mol. The molecule has 0 fully saturated rings. The van der Waals surface area contributed by atoms with Crippen LogP contribution < -0.4 is 0 Å². The number of halogens is 3. The highest BCUT2D eigenvalue weighted by Crippen LogP contribution is 2.41. The standard InChI is InChI=1S/C21H15F3O2S/c22-21(23,24)20(27(25,26)18-14-8-3-9-15-18)19(16-10-4-1-5-11-16)17-12-6-2-7-13-17/h1-15H. The number of hydrogen-bond acceptors (Lipinski definition) is 2. The monoisotopic (exact) mass is 388 g/mol. The number of sulfone groups is 1. The van der Waals surface area contributed by atoms with Crippen molar-refractivity contribution in [2.75, 3.05) is 0 Å². The van der Waals surface area contributed by atoms with E-state index in [1.165, 1.54) is 36.4 Å². The van der Waals surface area contributed by atoms with Crippen molar-refractivity contribution in [3.05, 3.63) is 107 Å². The maximum atomic E-state index is 14.1. The van der Waals surface area contributed by atoms with Crippen LogP contribution >= 0.6 is 0 Å². The highest BCUT2D eigenvalue weighted by molar-refractivity contribution is 7.95. The van der Waals surface area contributed by atoms with Gasteiger partial charge in [0.2, 0.25) is 9.84 Å². The Bertz CT molecular complexity index is 999. The Kier molecular flexibility index (Phi) is 5.19. The number of allylic oxidation sites excluding steroid dienone is 1. The number of hydrogen-bond donors (Lipinski definition) is 0. The molecule has 0 N–H and O–H groups in total. The Morgan fingerprint density at radius 2 is 1.00 bits per heavy atom. The Labute approximate surface area is 155 Å². The summed E-state index contributed by atoms with van der Waals surface area (Å²) in [5, 5.41) is 0. The number of benzene rings is 3. The molecular weight excluding hydrogens is 373 g/mol. The van der Waals surface area contributed by atoms with Crippen molar-refractivity contribution in [2.45, 2.75) is 11.1 Å². The summed E-state index contributed by atoms with van der Waals surface area (Å²) >= 11 is 0. The quantitative estimate of drug-likeness (QED) is 0.593. The minimum Gasteiger partial charge on any atom is -0.218 e. The van der Waals surface area contributed by atoms with Crippen molar-refractivity contribution >= 4 is 15.4 Å². The molecule has 3 aromatic carbocycles. The molecule has 0 bridgehead atoms. The van der Waals surface area contributed by atoms with Crippen molar-refractivity contribution in [3.63, 3.8) is 0 Å². The molecule has 0 aliphatic carbocycles. The smallest absolute Gasteiger partial charge is 0.218 e. The molecule has 0 aliphatic heterocycles. The fourth-order valence-electron chi connectivity index (χ4n) is 2.78. The molecule has 0 spiro atoms. The first-order valence-corrected chi connectivity index (χ1v) is 9.52. The molecule has 6 heteroatoms. The van der Waals surface area contributed by atoms with E-state index in [9.17, 15) is 21.6 Å². The maximum absolute atomic E-state index is 14.1. The third kappa shape index (κ3) is 3.95. The average molecular weight is 388 g/mol. The van der Waals surface area contributed by atoms with Gasteiger partial charge >= 0.3 is 6.18 Å². The molecule has 138 valence electrons. The largest absolute Gasteiger partial charge is 0.428 e. The van der Waals surface area contributed by atoms with Crippen molar-refractivity contribution in [2.24, 2.45) is 0 Å². The summed E-state index contributed by atoms with van der Waals surface area (Å²) in [5.74, 6) is 0. The van der Waals surface area contributed by atoms with Crippen LogP contribution in [0.5, 0.6) is 0 Å². The van der Waals surface area contributed by atoms with Gasteiger partial charge in [0, 0.05) is 5.57 Å². The summed E-state index contributed by atoms with van der Waals surface area (Å²) in [6, 6.07) is 22.1. The Balaban J connectivity index is 2.43. The van der Waals surface area contributed by atoms with E-state index in [4.69, 9.17) is 0 Å². The van der Waals surface area contributed by atoms with Crippen LogP contribution in [0.1, 0.15) is 11.1 Å². The van der Waals surface area contributed by atoms with E-state index in [2.05, 4.69) is 0 Å². The van der Waals surface area contributed by atoms with Crippen LogP contribution in [0.15, 0.2) is 101 Å². The third-order valence-corrected chi connectivity index (χ3v) is 5.80. The summed E-state index contributed by atoms with van der Waals surface area (Å²) < 4.78 is 68.2. The van der Waals surface area contributed by atoms with Gasteiger partial charge in [-0.1, -0.05) is 78.9 Å². The van der Waals surface area contributed by atoms with Gasteiger partial charge < -0.3 is 0 Å². The van der Waals surface area contributed by atoms with Crippen molar-refractivity contribution in [1.29, 1.82) is 0 Å². The van der Waals surface area contributed by atoms with Gasteiger partial charge in [0.15, 0.2) is 4.91 Å². The molecule has 3 rings (SSSR count). The summed E-state index contributed by atoms with van der Waals surface area (Å²) in [7, 11) is -4.80. The van der Waals surface area contributed by atoms with Crippen molar-refractivity contribution in [1.82, 2.24) is 0 Å². The zero-order valence-electron chi connectivity index (χ0n) is 14.0. The van der Waals surface area contributed by atoms with Crippen LogP contribution in [0.3, 0.4) is 0 Å². The molecule has 2 nitrogen and oxygen atoms in total. The molecule has 0 heterocycles. The lowest BCUT2D eigenvalue weighted by Gasteiger charge is -2.19. The van der Waals surface area contributed by atoms with Gasteiger partial charge in [-0.25, -0.2) is 8.42 Å². The van der Waals surface area contributed by atoms with Gasteiger partial charge in [0.05, 0.1) is 4.90 Å². The van der Waals surface area contributed by atoms with Crippen LogP contribution in [-0.4, -0.2) is 14.6 Å². The Morgan fingerprint density at radius 3 is 1.37 bits per heavy atom. The van der Waals surface area contributed by atoms with Crippen LogP contribution in [0.4, 0.5) is 13.2 Å². The van der Waals surface area contributed by atoms with Crippen LogP contribution in [0.25, 0.3) is 5.57 Å². The SMILES string of the molecule is O=S(=O)(C(=C(c1ccccc1)c1ccccc1)C(F)(F)F)c1ccccc1. The molecule has 0 amide bonds. The fourth-order valence-corrected chi connectivity index (χ4v) is 4.34. The molecule has 0 aliphatic rings. The predicted octanol–water partition coefficient (Wildman–Crippen LogP) is 5.48. The lowest BCUT2D eigenvalue weighted by Crippen LogP contribution is -2.23. The second-order valence-electron chi connectivity index (χ2n) is 5.75. The minimum atomic E-state index is -5.07. The second-order valence-corrected chi connectivity index (χ2v) is 7.64.